The number of halogens is 1. The van der Waals surface area contributed by atoms with Gasteiger partial charge in [-0.15, -0.1) is 11.8 Å². The molecule has 0 radical (unpaired) electrons. The summed E-state index contributed by atoms with van der Waals surface area (Å²) in [6, 6.07) is 27.9. The predicted molar refractivity (Wildman–Crippen MR) is 182 cm³/mol. The fourth-order valence-corrected chi connectivity index (χ4v) is 5.99. The summed E-state index contributed by atoms with van der Waals surface area (Å²) in [4.78, 5) is 54.2. The van der Waals surface area contributed by atoms with Crippen molar-refractivity contribution in [2.45, 2.75) is 16.6 Å². The molecule has 4 aromatic carbocycles. The van der Waals surface area contributed by atoms with Crippen LogP contribution in [0.1, 0.15) is 22.3 Å². The third-order valence-corrected chi connectivity index (χ3v) is 8.77. The standard InChI is InChI=1S/C34H28IN3O6S/c1-43-26-15-8-22(29(19-26)44-2)18-28(37-32(40)21-6-4-3-5-7-21)33(41)36-24-11-16-27(17-12-24)45-30-20-31(39)38(34(30)42)25-13-9-23(35)10-14-25/h3-19,30H,20H2,1-2H3,(H,36,41)(H,37,40)/b28-18-. The van der Waals surface area contributed by atoms with Crippen LogP contribution in [0.3, 0.4) is 0 Å². The normalized spacial score (nSPS) is 14.7. The Morgan fingerprint density at radius 1 is 0.911 bits per heavy atom. The zero-order chi connectivity index (χ0) is 31.9. The first kappa shape index (κ1) is 31.8. The number of hydrogen-bond donors (Lipinski definition) is 2. The number of thioether (sulfide) groups is 1. The highest BCUT2D eigenvalue weighted by molar-refractivity contribution is 14.1. The lowest BCUT2D eigenvalue weighted by Crippen LogP contribution is -2.31. The second-order valence-corrected chi connectivity index (χ2v) is 12.3. The zero-order valence-corrected chi connectivity index (χ0v) is 27.3. The summed E-state index contributed by atoms with van der Waals surface area (Å²) in [6.45, 7) is 0. The minimum Gasteiger partial charge on any atom is -0.497 e. The van der Waals surface area contributed by atoms with E-state index in [4.69, 9.17) is 9.47 Å². The van der Waals surface area contributed by atoms with Gasteiger partial charge >= 0.3 is 0 Å². The van der Waals surface area contributed by atoms with E-state index in [0.29, 0.717) is 34.0 Å². The maximum absolute atomic E-state index is 13.5. The smallest absolute Gasteiger partial charge is 0.272 e. The summed E-state index contributed by atoms with van der Waals surface area (Å²) in [5, 5.41) is 4.98. The summed E-state index contributed by atoms with van der Waals surface area (Å²) in [6.07, 6.45) is 1.62. The molecule has 0 aromatic heterocycles. The number of ether oxygens (including phenoxy) is 2. The highest BCUT2D eigenvalue weighted by Gasteiger charge is 2.40. The lowest BCUT2D eigenvalue weighted by Gasteiger charge is -2.15. The van der Waals surface area contributed by atoms with Crippen molar-refractivity contribution in [3.63, 3.8) is 0 Å². The quantitative estimate of drug-likeness (QED) is 0.114. The second kappa shape index (κ2) is 14.4. The Labute approximate surface area is 278 Å². The SMILES string of the molecule is COc1ccc(/C=C(\NC(=O)c2ccccc2)C(=O)Nc2ccc(SC3CC(=O)N(c4ccc(I)cc4)C3=O)cc2)c(OC)c1. The lowest BCUT2D eigenvalue weighted by molar-refractivity contribution is -0.121. The van der Waals surface area contributed by atoms with Crippen molar-refractivity contribution in [1.82, 2.24) is 5.32 Å². The van der Waals surface area contributed by atoms with Crippen molar-refractivity contribution < 1.29 is 28.7 Å². The molecule has 1 aliphatic rings. The molecule has 45 heavy (non-hydrogen) atoms. The topological polar surface area (TPSA) is 114 Å². The van der Waals surface area contributed by atoms with Gasteiger partial charge in [0.1, 0.15) is 17.2 Å². The van der Waals surface area contributed by atoms with Crippen LogP contribution in [0.4, 0.5) is 11.4 Å². The molecule has 0 bridgehead atoms. The number of carbonyl (C=O) groups is 4. The third kappa shape index (κ3) is 7.73. The van der Waals surface area contributed by atoms with Crippen LogP contribution in [0.15, 0.2) is 108 Å². The molecular weight excluding hydrogens is 705 g/mol. The van der Waals surface area contributed by atoms with E-state index in [1.54, 1.807) is 84.9 Å². The maximum Gasteiger partial charge on any atom is 0.272 e. The Morgan fingerprint density at radius 3 is 2.29 bits per heavy atom. The molecule has 2 N–H and O–H groups in total. The number of nitrogens with one attached hydrogen (secondary N) is 2. The first-order valence-corrected chi connectivity index (χ1v) is 15.7. The van der Waals surface area contributed by atoms with Crippen LogP contribution in [-0.2, 0) is 14.4 Å². The Bertz CT molecular complexity index is 1760. The fraction of sp³-hybridized carbons (Fsp3) is 0.118. The molecule has 4 aromatic rings. The van der Waals surface area contributed by atoms with Gasteiger partial charge in [0.05, 0.1) is 25.2 Å². The number of rotatable bonds is 10. The van der Waals surface area contributed by atoms with Crippen molar-refractivity contribution >= 4 is 75.4 Å². The number of amides is 4. The molecule has 4 amide bonds. The second-order valence-electron chi connectivity index (χ2n) is 9.82. The first-order valence-electron chi connectivity index (χ1n) is 13.8. The number of nitrogens with zero attached hydrogens (tertiary/aromatic N) is 1. The number of hydrogen-bond acceptors (Lipinski definition) is 7. The third-order valence-electron chi connectivity index (χ3n) is 6.85. The molecule has 0 saturated carbocycles. The molecular formula is C34H28IN3O6S. The van der Waals surface area contributed by atoms with E-state index in [2.05, 4.69) is 33.2 Å². The minimum absolute atomic E-state index is 0.00322. The van der Waals surface area contributed by atoms with Gasteiger partial charge < -0.3 is 20.1 Å². The molecule has 9 nitrogen and oxygen atoms in total. The van der Waals surface area contributed by atoms with E-state index < -0.39 is 17.1 Å². The predicted octanol–water partition coefficient (Wildman–Crippen LogP) is 6.14. The summed E-state index contributed by atoms with van der Waals surface area (Å²) in [5.74, 6) is -0.481. The fourth-order valence-electron chi connectivity index (χ4n) is 4.57. The van der Waals surface area contributed by atoms with Crippen molar-refractivity contribution in [1.29, 1.82) is 0 Å². The van der Waals surface area contributed by atoms with Crippen LogP contribution < -0.4 is 25.0 Å². The molecule has 5 rings (SSSR count). The summed E-state index contributed by atoms with van der Waals surface area (Å²) >= 11 is 3.46. The summed E-state index contributed by atoms with van der Waals surface area (Å²) in [5.41, 5.74) is 1.97. The molecule has 228 valence electrons. The highest BCUT2D eigenvalue weighted by atomic mass is 127. The molecule has 1 unspecified atom stereocenters. The van der Waals surface area contributed by atoms with E-state index in [1.807, 2.05) is 12.1 Å². The van der Waals surface area contributed by atoms with Gasteiger partial charge in [0.15, 0.2) is 0 Å². The molecule has 1 fully saturated rings. The van der Waals surface area contributed by atoms with Crippen molar-refractivity contribution in [2.24, 2.45) is 0 Å². The Kier molecular flexibility index (Phi) is 10.2. The van der Waals surface area contributed by atoms with Crippen LogP contribution in [0.2, 0.25) is 0 Å². The molecule has 1 saturated heterocycles. The Balaban J connectivity index is 1.31. The van der Waals surface area contributed by atoms with Gasteiger partial charge in [0.2, 0.25) is 11.8 Å². The van der Waals surface area contributed by atoms with Gasteiger partial charge in [-0.05, 0) is 101 Å². The average molecular weight is 734 g/mol. The largest absolute Gasteiger partial charge is 0.497 e. The molecule has 1 aliphatic heterocycles. The molecule has 0 spiro atoms. The number of carbonyl (C=O) groups excluding carboxylic acids is 4. The molecule has 11 heteroatoms. The monoisotopic (exact) mass is 733 g/mol. The van der Waals surface area contributed by atoms with Crippen molar-refractivity contribution in [3.05, 3.63) is 117 Å². The van der Waals surface area contributed by atoms with Crippen molar-refractivity contribution in [3.8, 4) is 11.5 Å². The summed E-state index contributed by atoms with van der Waals surface area (Å²) < 4.78 is 11.8. The number of methoxy groups -OCH3 is 2. The van der Waals surface area contributed by atoms with Gasteiger partial charge in [-0.1, -0.05) is 18.2 Å². The molecule has 1 heterocycles. The first-order chi connectivity index (χ1) is 21.7. The van der Waals surface area contributed by atoms with Gasteiger partial charge in [-0.2, -0.15) is 0 Å². The van der Waals surface area contributed by atoms with Crippen LogP contribution >= 0.6 is 34.4 Å². The van der Waals surface area contributed by atoms with E-state index >= 15 is 0 Å². The van der Waals surface area contributed by atoms with Gasteiger partial charge in [-0.3, -0.25) is 19.2 Å². The number of imide groups is 1. The number of benzene rings is 4. The van der Waals surface area contributed by atoms with Gasteiger partial charge in [0, 0.05) is 37.8 Å². The van der Waals surface area contributed by atoms with E-state index in [9.17, 15) is 19.2 Å². The van der Waals surface area contributed by atoms with E-state index in [1.165, 1.54) is 37.0 Å². The Hall–Kier alpha value is -4.62. The van der Waals surface area contributed by atoms with Crippen LogP contribution in [0.5, 0.6) is 11.5 Å². The number of anilines is 2. The molecule has 1 atom stereocenters. The highest BCUT2D eigenvalue weighted by Crippen LogP contribution is 2.34. The minimum atomic E-state index is -0.556. The van der Waals surface area contributed by atoms with Crippen molar-refractivity contribution in [2.75, 3.05) is 24.4 Å². The van der Waals surface area contributed by atoms with Crippen LogP contribution in [0, 0.1) is 3.57 Å². The van der Waals surface area contributed by atoms with E-state index in [-0.39, 0.29) is 23.9 Å². The summed E-state index contributed by atoms with van der Waals surface area (Å²) in [7, 11) is 3.04. The Morgan fingerprint density at radius 2 is 1.62 bits per heavy atom. The lowest BCUT2D eigenvalue weighted by atomic mass is 10.1. The van der Waals surface area contributed by atoms with Crippen LogP contribution in [-0.4, -0.2) is 43.1 Å². The van der Waals surface area contributed by atoms with Gasteiger partial charge in [-0.25, -0.2) is 4.90 Å². The van der Waals surface area contributed by atoms with E-state index in [0.717, 1.165) is 8.47 Å². The average Bonchev–Trinajstić information content (AvgIpc) is 3.34. The zero-order valence-electron chi connectivity index (χ0n) is 24.3. The maximum atomic E-state index is 13.5. The molecule has 0 aliphatic carbocycles. The van der Waals surface area contributed by atoms with Crippen LogP contribution in [0.25, 0.3) is 6.08 Å². The van der Waals surface area contributed by atoms with Gasteiger partial charge in [0.25, 0.3) is 11.8 Å².